The summed E-state index contributed by atoms with van der Waals surface area (Å²) in [6, 6.07) is 0. The number of likely N-dealkylation sites (tertiary alicyclic amines) is 1. The number of nitrogens with zero attached hydrogens (tertiary/aromatic N) is 2. The Bertz CT molecular complexity index is 407. The van der Waals surface area contributed by atoms with Crippen LogP contribution in [0.3, 0.4) is 0 Å². The first-order chi connectivity index (χ1) is 8.67. The minimum absolute atomic E-state index is 0.0722. The Hall–Kier alpha value is -0.980. The highest BCUT2D eigenvalue weighted by Crippen LogP contribution is 2.20. The van der Waals surface area contributed by atoms with Crippen LogP contribution in [0.1, 0.15) is 25.5 Å². The van der Waals surface area contributed by atoms with E-state index >= 15 is 0 Å². The molecule has 2 rings (SSSR count). The molecule has 0 aliphatic carbocycles. The van der Waals surface area contributed by atoms with Gasteiger partial charge in [0.05, 0.1) is 5.69 Å². The summed E-state index contributed by atoms with van der Waals surface area (Å²) in [5, 5.41) is 5.41. The zero-order valence-corrected chi connectivity index (χ0v) is 11.5. The Balaban J connectivity index is 1.88. The maximum atomic E-state index is 10.9. The predicted molar refractivity (Wildman–Crippen MR) is 73.5 cm³/mol. The van der Waals surface area contributed by atoms with Gasteiger partial charge in [-0.2, -0.15) is 0 Å². The van der Waals surface area contributed by atoms with Gasteiger partial charge in [-0.15, -0.1) is 11.3 Å². The molecule has 100 valence electrons. The van der Waals surface area contributed by atoms with Gasteiger partial charge in [-0.05, 0) is 31.8 Å². The summed E-state index contributed by atoms with van der Waals surface area (Å²) in [6.07, 6.45) is 2.45. The average Bonchev–Trinajstić information content (AvgIpc) is 2.76. The van der Waals surface area contributed by atoms with Crippen molar-refractivity contribution in [2.45, 2.75) is 26.3 Å². The van der Waals surface area contributed by atoms with Crippen LogP contribution in [-0.4, -0.2) is 35.4 Å². The maximum absolute atomic E-state index is 10.9. The van der Waals surface area contributed by atoms with Gasteiger partial charge in [0.25, 0.3) is 0 Å². The number of nitrogens with one attached hydrogen (secondary N) is 1. The molecule has 6 heteroatoms. The Morgan fingerprint density at radius 2 is 2.56 bits per heavy atom. The first-order valence-corrected chi connectivity index (χ1v) is 7.19. The van der Waals surface area contributed by atoms with Gasteiger partial charge in [0, 0.05) is 25.4 Å². The molecule has 1 fully saturated rings. The van der Waals surface area contributed by atoms with E-state index in [0.717, 1.165) is 31.9 Å². The number of amides is 1. The first kappa shape index (κ1) is 13.5. The van der Waals surface area contributed by atoms with Gasteiger partial charge in [0.15, 0.2) is 5.13 Å². The summed E-state index contributed by atoms with van der Waals surface area (Å²) in [7, 11) is 0. The smallest absolute Gasteiger partial charge is 0.223 e. The van der Waals surface area contributed by atoms with Gasteiger partial charge in [0.2, 0.25) is 5.91 Å². The van der Waals surface area contributed by atoms with E-state index in [4.69, 9.17) is 5.73 Å². The van der Waals surface area contributed by atoms with Gasteiger partial charge < -0.3 is 11.1 Å². The molecule has 1 aliphatic heterocycles. The molecule has 0 bridgehead atoms. The van der Waals surface area contributed by atoms with Crippen molar-refractivity contribution in [2.75, 3.05) is 25.0 Å². The number of thiazole rings is 1. The van der Waals surface area contributed by atoms with E-state index in [0.29, 0.717) is 11.0 Å². The first-order valence-electron chi connectivity index (χ1n) is 6.32. The van der Waals surface area contributed by atoms with Gasteiger partial charge in [0.1, 0.15) is 0 Å². The van der Waals surface area contributed by atoms with Gasteiger partial charge >= 0.3 is 0 Å². The van der Waals surface area contributed by atoms with Crippen LogP contribution in [0.25, 0.3) is 0 Å². The van der Waals surface area contributed by atoms with Crippen LogP contribution >= 0.6 is 11.3 Å². The third kappa shape index (κ3) is 3.76. The monoisotopic (exact) mass is 268 g/mol. The molecule has 1 atom stereocenters. The minimum atomic E-state index is -0.0722. The Kier molecular flexibility index (Phi) is 4.68. The highest BCUT2D eigenvalue weighted by Gasteiger charge is 2.19. The fraction of sp³-hybridized carbons (Fsp3) is 0.667. The van der Waals surface area contributed by atoms with Gasteiger partial charge in [-0.1, -0.05) is 0 Å². The van der Waals surface area contributed by atoms with Gasteiger partial charge in [-0.25, -0.2) is 4.98 Å². The molecule has 1 saturated heterocycles. The second kappa shape index (κ2) is 6.26. The molecule has 0 radical (unpaired) electrons. The summed E-state index contributed by atoms with van der Waals surface area (Å²) in [5.74, 6) is 0.546. The van der Waals surface area contributed by atoms with Crippen LogP contribution in [-0.2, 0) is 11.3 Å². The van der Waals surface area contributed by atoms with E-state index in [1.165, 1.54) is 31.1 Å². The number of aromatic nitrogens is 1. The summed E-state index contributed by atoms with van der Waals surface area (Å²) in [5.41, 5.74) is 6.76. The molecule has 1 aromatic heterocycles. The van der Waals surface area contributed by atoms with E-state index in [9.17, 15) is 4.79 Å². The standard InChI is InChI=1S/C12H20N4OS/c1-9(17)14-12-15-11(8-18-12)7-16-4-2-3-10(5-13)6-16/h8,10H,2-7,13H2,1H3,(H,14,15,17). The molecule has 0 saturated carbocycles. The summed E-state index contributed by atoms with van der Waals surface area (Å²) < 4.78 is 0. The number of hydrogen-bond donors (Lipinski definition) is 2. The number of carbonyl (C=O) groups is 1. The Morgan fingerprint density at radius 3 is 3.28 bits per heavy atom. The number of nitrogens with two attached hydrogens (primary N) is 1. The van der Waals surface area contributed by atoms with Crippen LogP contribution < -0.4 is 11.1 Å². The third-order valence-corrected chi connectivity index (χ3v) is 3.96. The fourth-order valence-electron chi connectivity index (χ4n) is 2.30. The molecule has 1 aliphatic rings. The summed E-state index contributed by atoms with van der Waals surface area (Å²) in [4.78, 5) is 17.7. The van der Waals surface area contributed by atoms with E-state index in [2.05, 4.69) is 15.2 Å². The SMILES string of the molecule is CC(=O)Nc1nc(CN2CCCC(CN)C2)cs1. The lowest BCUT2D eigenvalue weighted by molar-refractivity contribution is -0.114. The van der Waals surface area contributed by atoms with Crippen LogP contribution in [0.15, 0.2) is 5.38 Å². The second-order valence-electron chi connectivity index (χ2n) is 4.80. The van der Waals surface area contributed by atoms with Crippen molar-refractivity contribution in [2.24, 2.45) is 11.7 Å². The molecule has 0 spiro atoms. The number of carbonyl (C=O) groups excluding carboxylic acids is 1. The van der Waals surface area contributed by atoms with Crippen molar-refractivity contribution in [1.29, 1.82) is 0 Å². The summed E-state index contributed by atoms with van der Waals surface area (Å²) >= 11 is 1.48. The predicted octanol–water partition coefficient (Wildman–Crippen LogP) is 1.27. The van der Waals surface area contributed by atoms with E-state index in [1.807, 2.05) is 5.38 Å². The lowest BCUT2D eigenvalue weighted by Gasteiger charge is -2.31. The molecular formula is C12H20N4OS. The molecule has 0 aromatic carbocycles. The second-order valence-corrected chi connectivity index (χ2v) is 5.66. The number of anilines is 1. The van der Waals surface area contributed by atoms with E-state index in [1.54, 1.807) is 0 Å². The van der Waals surface area contributed by atoms with Crippen molar-refractivity contribution in [3.8, 4) is 0 Å². The number of hydrogen-bond acceptors (Lipinski definition) is 5. The quantitative estimate of drug-likeness (QED) is 0.862. The zero-order valence-electron chi connectivity index (χ0n) is 10.7. The maximum Gasteiger partial charge on any atom is 0.223 e. The van der Waals surface area contributed by atoms with Crippen LogP contribution in [0.5, 0.6) is 0 Å². The summed E-state index contributed by atoms with van der Waals surface area (Å²) in [6.45, 7) is 5.29. The van der Waals surface area contributed by atoms with Crippen molar-refractivity contribution in [3.05, 3.63) is 11.1 Å². The molecule has 18 heavy (non-hydrogen) atoms. The molecule has 1 amide bonds. The van der Waals surface area contributed by atoms with Crippen molar-refractivity contribution in [1.82, 2.24) is 9.88 Å². The fourth-order valence-corrected chi connectivity index (χ4v) is 3.05. The number of piperidine rings is 1. The molecule has 1 unspecified atom stereocenters. The Labute approximate surface area is 111 Å². The van der Waals surface area contributed by atoms with Gasteiger partial charge in [-0.3, -0.25) is 9.69 Å². The van der Waals surface area contributed by atoms with Crippen molar-refractivity contribution in [3.63, 3.8) is 0 Å². The topological polar surface area (TPSA) is 71.2 Å². The largest absolute Gasteiger partial charge is 0.330 e. The molecule has 3 N–H and O–H groups in total. The van der Waals surface area contributed by atoms with E-state index < -0.39 is 0 Å². The van der Waals surface area contributed by atoms with E-state index in [-0.39, 0.29) is 5.91 Å². The molecule has 1 aromatic rings. The lowest BCUT2D eigenvalue weighted by Crippen LogP contribution is -2.37. The van der Waals surface area contributed by atoms with Crippen LogP contribution in [0.2, 0.25) is 0 Å². The van der Waals surface area contributed by atoms with Crippen molar-refractivity contribution >= 4 is 22.4 Å². The molecule has 5 nitrogen and oxygen atoms in total. The van der Waals surface area contributed by atoms with Crippen LogP contribution in [0.4, 0.5) is 5.13 Å². The zero-order chi connectivity index (χ0) is 13.0. The van der Waals surface area contributed by atoms with Crippen molar-refractivity contribution < 1.29 is 4.79 Å². The number of rotatable bonds is 4. The molecular weight excluding hydrogens is 248 g/mol. The molecule has 2 heterocycles. The highest BCUT2D eigenvalue weighted by molar-refractivity contribution is 7.13. The minimum Gasteiger partial charge on any atom is -0.330 e. The normalized spacial score (nSPS) is 20.9. The van der Waals surface area contributed by atoms with Crippen LogP contribution in [0, 0.1) is 5.92 Å². The third-order valence-electron chi connectivity index (χ3n) is 3.16. The lowest BCUT2D eigenvalue weighted by atomic mass is 9.98. The average molecular weight is 268 g/mol. The highest BCUT2D eigenvalue weighted by atomic mass is 32.1. The Morgan fingerprint density at radius 1 is 1.72 bits per heavy atom.